The van der Waals surface area contributed by atoms with Gasteiger partial charge >= 0.3 is 5.97 Å². The van der Waals surface area contributed by atoms with Crippen LogP contribution in [0.2, 0.25) is 0 Å². The number of carboxylic acids is 1. The van der Waals surface area contributed by atoms with Gasteiger partial charge in [0.15, 0.2) is 0 Å². The Morgan fingerprint density at radius 1 is 1.37 bits per heavy atom. The fourth-order valence-corrected chi connectivity index (χ4v) is 3.07. The smallest absolute Gasteiger partial charge is 0.339 e. The number of halogens is 2. The van der Waals surface area contributed by atoms with Crippen molar-refractivity contribution >= 4 is 17.0 Å². The Morgan fingerprint density at radius 2 is 2.15 bits per heavy atom. The summed E-state index contributed by atoms with van der Waals surface area (Å²) in [5.41, 5.74) is 1.65. The van der Waals surface area contributed by atoms with Crippen LogP contribution in [-0.2, 0) is 0 Å². The average Bonchev–Trinajstić information content (AvgIpc) is 3.39. The summed E-state index contributed by atoms with van der Waals surface area (Å²) in [7, 11) is 0. The van der Waals surface area contributed by atoms with Gasteiger partial charge in [-0.2, -0.15) is 0 Å². The molecule has 1 aliphatic carbocycles. The Labute approximate surface area is 153 Å². The van der Waals surface area contributed by atoms with E-state index in [9.17, 15) is 18.7 Å². The van der Waals surface area contributed by atoms with Crippen molar-refractivity contribution in [1.29, 1.82) is 0 Å². The third-order valence-electron chi connectivity index (χ3n) is 4.67. The number of hydrogen-bond donors (Lipinski definition) is 2. The molecule has 0 saturated heterocycles. The zero-order valence-electron chi connectivity index (χ0n) is 14.5. The van der Waals surface area contributed by atoms with Gasteiger partial charge in [-0.1, -0.05) is 0 Å². The normalized spacial score (nSPS) is 14.1. The van der Waals surface area contributed by atoms with Crippen LogP contribution in [0.3, 0.4) is 0 Å². The molecule has 140 valence electrons. The molecule has 1 aromatic carbocycles. The lowest BCUT2D eigenvalue weighted by Gasteiger charge is -2.13. The minimum Gasteiger partial charge on any atom is -0.493 e. The minimum atomic E-state index is -2.64. The van der Waals surface area contributed by atoms with Crippen molar-refractivity contribution in [3.05, 3.63) is 41.3 Å². The number of carboxylic acid groups (broad SMARTS) is 1. The van der Waals surface area contributed by atoms with Crippen LogP contribution in [0.25, 0.3) is 22.3 Å². The van der Waals surface area contributed by atoms with E-state index < -0.39 is 12.4 Å². The van der Waals surface area contributed by atoms with Crippen molar-refractivity contribution in [2.24, 2.45) is 5.92 Å². The van der Waals surface area contributed by atoms with E-state index in [1.807, 2.05) is 0 Å². The van der Waals surface area contributed by atoms with Crippen LogP contribution in [0.4, 0.5) is 8.78 Å². The second-order valence-corrected chi connectivity index (χ2v) is 6.69. The van der Waals surface area contributed by atoms with Gasteiger partial charge in [0.2, 0.25) is 0 Å². The number of nitrogens with one attached hydrogen (secondary N) is 1. The molecule has 0 unspecified atom stereocenters. The maximum absolute atomic E-state index is 13.2. The van der Waals surface area contributed by atoms with Gasteiger partial charge in [0.1, 0.15) is 28.9 Å². The molecule has 0 aliphatic heterocycles. The summed E-state index contributed by atoms with van der Waals surface area (Å²) in [6.45, 7) is 2.13. The van der Waals surface area contributed by atoms with Gasteiger partial charge in [-0.25, -0.2) is 23.5 Å². The number of H-pyrrole nitrogens is 1. The van der Waals surface area contributed by atoms with E-state index in [-0.39, 0.29) is 16.6 Å². The summed E-state index contributed by atoms with van der Waals surface area (Å²) in [6, 6.07) is 4.18. The van der Waals surface area contributed by atoms with Gasteiger partial charge in [-0.3, -0.25) is 0 Å². The highest BCUT2D eigenvalue weighted by Gasteiger charge is 2.25. The van der Waals surface area contributed by atoms with Gasteiger partial charge in [0.25, 0.3) is 6.43 Å². The zero-order valence-corrected chi connectivity index (χ0v) is 14.5. The molecule has 3 aromatic rings. The van der Waals surface area contributed by atoms with Crippen LogP contribution >= 0.6 is 0 Å². The molecule has 2 aromatic heterocycles. The summed E-state index contributed by atoms with van der Waals surface area (Å²) >= 11 is 0. The number of aryl methyl sites for hydroxylation is 1. The number of rotatable bonds is 6. The van der Waals surface area contributed by atoms with Crippen molar-refractivity contribution < 1.29 is 23.4 Å². The summed E-state index contributed by atoms with van der Waals surface area (Å²) in [5, 5.41) is 9.43. The first-order valence-corrected chi connectivity index (χ1v) is 8.57. The molecule has 2 N–H and O–H groups in total. The topological polar surface area (TPSA) is 88.1 Å². The number of ether oxygens (including phenoxy) is 1. The van der Waals surface area contributed by atoms with Gasteiger partial charge in [-0.15, -0.1) is 0 Å². The van der Waals surface area contributed by atoms with Crippen molar-refractivity contribution in [1.82, 2.24) is 15.0 Å². The maximum atomic E-state index is 13.2. The number of nitrogens with zero attached hydrogens (tertiary/aromatic N) is 2. The molecule has 4 rings (SSSR count). The highest BCUT2D eigenvalue weighted by molar-refractivity contribution is 6.06. The monoisotopic (exact) mass is 373 g/mol. The van der Waals surface area contributed by atoms with Crippen LogP contribution in [0.5, 0.6) is 5.75 Å². The first-order valence-electron chi connectivity index (χ1n) is 8.57. The van der Waals surface area contributed by atoms with Gasteiger partial charge < -0.3 is 14.8 Å². The molecule has 1 saturated carbocycles. The Morgan fingerprint density at radius 3 is 2.81 bits per heavy atom. The second kappa shape index (κ2) is 6.61. The summed E-state index contributed by atoms with van der Waals surface area (Å²) in [6.07, 6.45) is 0.787. The Balaban J connectivity index is 1.89. The largest absolute Gasteiger partial charge is 0.493 e. The van der Waals surface area contributed by atoms with E-state index in [2.05, 4.69) is 15.0 Å². The molecule has 27 heavy (non-hydrogen) atoms. The molecule has 6 nitrogen and oxygen atoms in total. The SMILES string of the molecule is Cc1[nH]c2c(-c3cc(C(F)F)ccc3OCC3CC3)ncnc2c1C(=O)O. The Bertz CT molecular complexity index is 1030. The lowest BCUT2D eigenvalue weighted by molar-refractivity contribution is 0.0698. The summed E-state index contributed by atoms with van der Waals surface area (Å²) < 4.78 is 32.3. The first kappa shape index (κ1) is 17.4. The van der Waals surface area contributed by atoms with Crippen molar-refractivity contribution in [2.75, 3.05) is 6.61 Å². The number of hydrogen-bond acceptors (Lipinski definition) is 4. The molecule has 0 spiro atoms. The third-order valence-corrected chi connectivity index (χ3v) is 4.67. The molecule has 0 atom stereocenters. The molecular formula is C19H17F2N3O3. The first-order chi connectivity index (χ1) is 13.0. The van der Waals surface area contributed by atoms with Crippen molar-refractivity contribution in [2.45, 2.75) is 26.2 Å². The number of alkyl halides is 2. The lowest BCUT2D eigenvalue weighted by Crippen LogP contribution is -2.02. The van der Waals surface area contributed by atoms with Gasteiger partial charge in [0, 0.05) is 16.8 Å². The van der Waals surface area contributed by atoms with Crippen molar-refractivity contribution in [3.8, 4) is 17.0 Å². The van der Waals surface area contributed by atoms with E-state index in [1.165, 1.54) is 24.5 Å². The average molecular weight is 373 g/mol. The number of carbonyl (C=O) groups is 1. The molecule has 1 fully saturated rings. The summed E-state index contributed by atoms with van der Waals surface area (Å²) in [4.78, 5) is 22.8. The third kappa shape index (κ3) is 3.22. The number of fused-ring (bicyclic) bond motifs is 1. The van der Waals surface area contributed by atoms with E-state index in [4.69, 9.17) is 4.74 Å². The van der Waals surface area contributed by atoms with E-state index in [1.54, 1.807) is 6.92 Å². The molecule has 8 heteroatoms. The van der Waals surface area contributed by atoms with Gasteiger partial charge in [0.05, 0.1) is 12.1 Å². The predicted octanol–water partition coefficient (Wildman–Crippen LogP) is 4.36. The number of benzene rings is 1. The molecule has 2 heterocycles. The molecular weight excluding hydrogens is 356 g/mol. The molecule has 1 aliphatic rings. The second-order valence-electron chi connectivity index (χ2n) is 6.69. The molecule has 0 radical (unpaired) electrons. The predicted molar refractivity (Wildman–Crippen MR) is 94.2 cm³/mol. The van der Waals surface area contributed by atoms with Crippen LogP contribution in [0.15, 0.2) is 24.5 Å². The molecule has 0 amide bonds. The van der Waals surface area contributed by atoms with Gasteiger partial charge in [-0.05, 0) is 43.9 Å². The summed E-state index contributed by atoms with van der Waals surface area (Å²) in [5.74, 6) is -0.185. The van der Waals surface area contributed by atoms with E-state index in [0.29, 0.717) is 40.7 Å². The highest BCUT2D eigenvalue weighted by Crippen LogP contribution is 2.38. The standard InChI is InChI=1S/C19H17F2N3O3/c1-9-14(19(25)26)16-17(24-9)15(22-8-23-16)12-6-11(18(20)21)4-5-13(12)27-7-10-2-3-10/h4-6,8,10,18,24H,2-3,7H2,1H3,(H,25,26). The van der Waals surface area contributed by atoms with E-state index >= 15 is 0 Å². The van der Waals surface area contributed by atoms with Crippen LogP contribution in [0.1, 0.15) is 40.9 Å². The van der Waals surface area contributed by atoms with Crippen molar-refractivity contribution in [3.63, 3.8) is 0 Å². The fourth-order valence-electron chi connectivity index (χ4n) is 3.07. The van der Waals surface area contributed by atoms with Crippen LogP contribution < -0.4 is 4.74 Å². The highest BCUT2D eigenvalue weighted by atomic mass is 19.3. The lowest BCUT2D eigenvalue weighted by atomic mass is 10.0. The Hall–Kier alpha value is -3.03. The fraction of sp³-hybridized carbons (Fsp3) is 0.316. The van der Waals surface area contributed by atoms with Crippen LogP contribution in [0, 0.1) is 12.8 Å². The zero-order chi connectivity index (χ0) is 19.1. The van der Waals surface area contributed by atoms with Crippen LogP contribution in [-0.4, -0.2) is 32.6 Å². The number of aromatic amines is 1. The number of aromatic nitrogens is 3. The minimum absolute atomic E-state index is 0.0408. The van der Waals surface area contributed by atoms with E-state index in [0.717, 1.165) is 12.8 Å². The molecule has 0 bridgehead atoms. The Kier molecular flexibility index (Phi) is 4.25. The quantitative estimate of drug-likeness (QED) is 0.670. The maximum Gasteiger partial charge on any atom is 0.339 e. The number of aromatic carboxylic acids is 1.